The molecule has 1 N–H and O–H groups in total. The standard InChI is InChI=1S/C11H16N4/c1-4-8(2)13-11-10-7-9(3)14-15(10)6-5-12-11/h5-8H,4H2,1-3H3,(H,12,13). The van der Waals surface area contributed by atoms with Crippen LogP contribution in [-0.4, -0.2) is 20.6 Å². The lowest BCUT2D eigenvalue weighted by Crippen LogP contribution is -2.15. The molecule has 80 valence electrons. The first kappa shape index (κ1) is 9.96. The number of nitrogens with one attached hydrogen (secondary N) is 1. The molecule has 4 heteroatoms. The molecule has 0 fully saturated rings. The summed E-state index contributed by atoms with van der Waals surface area (Å²) in [5.74, 6) is 0.910. The van der Waals surface area contributed by atoms with Gasteiger partial charge in [0.1, 0.15) is 5.52 Å². The Bertz CT molecular complexity index is 461. The molecule has 2 rings (SSSR count). The number of anilines is 1. The van der Waals surface area contributed by atoms with Crippen molar-refractivity contribution in [3.05, 3.63) is 24.2 Å². The van der Waals surface area contributed by atoms with E-state index in [1.165, 1.54) is 0 Å². The predicted molar refractivity (Wildman–Crippen MR) is 61.1 cm³/mol. The molecule has 1 unspecified atom stereocenters. The molecule has 15 heavy (non-hydrogen) atoms. The van der Waals surface area contributed by atoms with Gasteiger partial charge in [-0.25, -0.2) is 9.50 Å². The lowest BCUT2D eigenvalue weighted by molar-refractivity contribution is 0.758. The van der Waals surface area contributed by atoms with E-state index < -0.39 is 0 Å². The third-order valence-corrected chi connectivity index (χ3v) is 2.51. The van der Waals surface area contributed by atoms with Crippen molar-refractivity contribution in [3.63, 3.8) is 0 Å². The van der Waals surface area contributed by atoms with Gasteiger partial charge in [0.15, 0.2) is 5.82 Å². The highest BCUT2D eigenvalue weighted by atomic mass is 15.2. The Balaban J connectivity index is 2.41. The van der Waals surface area contributed by atoms with Crippen LogP contribution in [0.5, 0.6) is 0 Å². The third-order valence-electron chi connectivity index (χ3n) is 2.51. The minimum atomic E-state index is 0.430. The van der Waals surface area contributed by atoms with Crippen molar-refractivity contribution in [2.24, 2.45) is 0 Å². The summed E-state index contributed by atoms with van der Waals surface area (Å²) in [5.41, 5.74) is 2.05. The highest BCUT2D eigenvalue weighted by Gasteiger charge is 2.06. The highest BCUT2D eigenvalue weighted by molar-refractivity contribution is 5.67. The molecule has 0 saturated heterocycles. The van der Waals surface area contributed by atoms with E-state index in [9.17, 15) is 0 Å². The first-order valence-corrected chi connectivity index (χ1v) is 5.28. The Morgan fingerprint density at radius 2 is 2.33 bits per heavy atom. The number of aromatic nitrogens is 3. The Labute approximate surface area is 89.3 Å². The van der Waals surface area contributed by atoms with Crippen LogP contribution in [0, 0.1) is 6.92 Å². The second-order valence-electron chi connectivity index (χ2n) is 3.85. The van der Waals surface area contributed by atoms with E-state index in [2.05, 4.69) is 29.2 Å². The van der Waals surface area contributed by atoms with Crippen molar-refractivity contribution in [2.75, 3.05) is 5.32 Å². The van der Waals surface area contributed by atoms with Crippen LogP contribution in [-0.2, 0) is 0 Å². The van der Waals surface area contributed by atoms with Gasteiger partial charge in [0.05, 0.1) is 5.69 Å². The van der Waals surface area contributed by atoms with E-state index in [0.717, 1.165) is 23.4 Å². The molecule has 0 aromatic carbocycles. The van der Waals surface area contributed by atoms with E-state index >= 15 is 0 Å². The highest BCUT2D eigenvalue weighted by Crippen LogP contribution is 2.15. The van der Waals surface area contributed by atoms with Crippen LogP contribution in [0.1, 0.15) is 26.0 Å². The first-order valence-electron chi connectivity index (χ1n) is 5.28. The van der Waals surface area contributed by atoms with E-state index in [1.54, 1.807) is 6.20 Å². The summed E-state index contributed by atoms with van der Waals surface area (Å²) < 4.78 is 1.85. The number of fused-ring (bicyclic) bond motifs is 1. The van der Waals surface area contributed by atoms with Crippen molar-refractivity contribution in [1.82, 2.24) is 14.6 Å². The summed E-state index contributed by atoms with van der Waals surface area (Å²) in [6.07, 6.45) is 4.71. The van der Waals surface area contributed by atoms with Gasteiger partial charge < -0.3 is 5.32 Å². The van der Waals surface area contributed by atoms with Gasteiger partial charge in [-0.15, -0.1) is 0 Å². The minimum absolute atomic E-state index is 0.430. The number of nitrogens with zero attached hydrogens (tertiary/aromatic N) is 3. The first-order chi connectivity index (χ1) is 7.20. The van der Waals surface area contributed by atoms with E-state index in [4.69, 9.17) is 0 Å². The van der Waals surface area contributed by atoms with Crippen molar-refractivity contribution < 1.29 is 0 Å². The largest absolute Gasteiger partial charge is 0.366 e. The van der Waals surface area contributed by atoms with Gasteiger partial charge in [-0.2, -0.15) is 5.10 Å². The molecule has 2 aromatic rings. The smallest absolute Gasteiger partial charge is 0.152 e. The maximum Gasteiger partial charge on any atom is 0.152 e. The van der Waals surface area contributed by atoms with Crippen LogP contribution in [0.15, 0.2) is 18.5 Å². The Kier molecular flexibility index (Phi) is 2.58. The third kappa shape index (κ3) is 1.93. The fraction of sp³-hybridized carbons (Fsp3) is 0.455. The fourth-order valence-corrected chi connectivity index (χ4v) is 1.49. The molecule has 2 heterocycles. The lowest BCUT2D eigenvalue weighted by Gasteiger charge is -2.12. The summed E-state index contributed by atoms with van der Waals surface area (Å²) in [6, 6.07) is 2.47. The monoisotopic (exact) mass is 204 g/mol. The van der Waals surface area contributed by atoms with Gasteiger partial charge >= 0.3 is 0 Å². The van der Waals surface area contributed by atoms with Crippen molar-refractivity contribution in [2.45, 2.75) is 33.2 Å². The van der Waals surface area contributed by atoms with Crippen molar-refractivity contribution in [3.8, 4) is 0 Å². The van der Waals surface area contributed by atoms with Crippen LogP contribution >= 0.6 is 0 Å². The molecule has 0 amide bonds. The van der Waals surface area contributed by atoms with Gasteiger partial charge in [0.2, 0.25) is 0 Å². The Morgan fingerprint density at radius 1 is 1.53 bits per heavy atom. The summed E-state index contributed by atoms with van der Waals surface area (Å²) >= 11 is 0. The van der Waals surface area contributed by atoms with Crippen LogP contribution in [0.2, 0.25) is 0 Å². The average Bonchev–Trinajstić information content (AvgIpc) is 2.59. The number of aryl methyl sites for hydroxylation is 1. The van der Waals surface area contributed by atoms with Crippen LogP contribution < -0.4 is 5.32 Å². The van der Waals surface area contributed by atoms with Crippen LogP contribution in [0.3, 0.4) is 0 Å². The van der Waals surface area contributed by atoms with Gasteiger partial charge in [0.25, 0.3) is 0 Å². The molecule has 0 spiro atoms. The summed E-state index contributed by atoms with van der Waals surface area (Å²) in [4.78, 5) is 4.34. The molecule has 4 nitrogen and oxygen atoms in total. The van der Waals surface area contributed by atoms with Gasteiger partial charge in [-0.05, 0) is 26.3 Å². The Morgan fingerprint density at radius 3 is 3.07 bits per heavy atom. The molecule has 0 aliphatic carbocycles. The summed E-state index contributed by atoms with van der Waals surface area (Å²) in [7, 11) is 0. The van der Waals surface area contributed by atoms with E-state index in [-0.39, 0.29) is 0 Å². The quantitative estimate of drug-likeness (QED) is 0.833. The van der Waals surface area contributed by atoms with Crippen molar-refractivity contribution in [1.29, 1.82) is 0 Å². The lowest BCUT2D eigenvalue weighted by atomic mass is 10.2. The van der Waals surface area contributed by atoms with Crippen LogP contribution in [0.25, 0.3) is 5.52 Å². The maximum atomic E-state index is 4.34. The SMILES string of the molecule is CCC(C)Nc1nccn2nc(C)cc12. The zero-order valence-corrected chi connectivity index (χ0v) is 9.36. The molecule has 0 saturated carbocycles. The van der Waals surface area contributed by atoms with Crippen molar-refractivity contribution >= 4 is 11.3 Å². The Hall–Kier alpha value is -1.58. The molecule has 0 radical (unpaired) electrons. The molecule has 1 atom stereocenters. The number of hydrogen-bond acceptors (Lipinski definition) is 3. The molecular formula is C11H16N4. The zero-order valence-electron chi connectivity index (χ0n) is 9.36. The van der Waals surface area contributed by atoms with Crippen LogP contribution in [0.4, 0.5) is 5.82 Å². The van der Waals surface area contributed by atoms with Gasteiger partial charge in [-0.3, -0.25) is 0 Å². The average molecular weight is 204 g/mol. The van der Waals surface area contributed by atoms with E-state index in [0.29, 0.717) is 6.04 Å². The molecule has 0 bridgehead atoms. The zero-order chi connectivity index (χ0) is 10.8. The summed E-state index contributed by atoms with van der Waals surface area (Å²) in [6.45, 7) is 6.29. The molecular weight excluding hydrogens is 188 g/mol. The second-order valence-corrected chi connectivity index (χ2v) is 3.85. The summed E-state index contributed by atoms with van der Waals surface area (Å²) in [5, 5.41) is 7.72. The minimum Gasteiger partial charge on any atom is -0.366 e. The second kappa shape index (κ2) is 3.88. The molecule has 2 aromatic heterocycles. The molecule has 0 aliphatic rings. The van der Waals surface area contributed by atoms with Gasteiger partial charge in [0, 0.05) is 18.4 Å². The fourth-order valence-electron chi connectivity index (χ4n) is 1.49. The topological polar surface area (TPSA) is 42.2 Å². The number of hydrogen-bond donors (Lipinski definition) is 1. The predicted octanol–water partition coefficient (Wildman–Crippen LogP) is 2.25. The normalized spacial score (nSPS) is 13.0. The van der Waals surface area contributed by atoms with E-state index in [1.807, 2.05) is 23.7 Å². The number of rotatable bonds is 3. The van der Waals surface area contributed by atoms with Gasteiger partial charge in [-0.1, -0.05) is 6.92 Å². The maximum absolute atomic E-state index is 4.34. The molecule has 0 aliphatic heterocycles.